The van der Waals surface area contributed by atoms with E-state index in [2.05, 4.69) is 0 Å². The molecule has 0 aromatic heterocycles. The van der Waals surface area contributed by atoms with Crippen LogP contribution in [0.1, 0.15) is 13.8 Å². The largest absolute Gasteiger partial charge is 0.490 e. The van der Waals surface area contributed by atoms with Gasteiger partial charge in [-0.25, -0.2) is 0 Å². The Morgan fingerprint density at radius 3 is 2.53 bits per heavy atom. The zero-order valence-corrected chi connectivity index (χ0v) is 11.4. The number of benzene rings is 2. The smallest absolute Gasteiger partial charge is 0.127 e. The number of ether oxygens (including phenoxy) is 1. The fourth-order valence-electron chi connectivity index (χ4n) is 2.05. The summed E-state index contributed by atoms with van der Waals surface area (Å²) < 4.78 is 5.72. The Morgan fingerprint density at radius 1 is 1.11 bits per heavy atom. The topological polar surface area (TPSA) is 55.5 Å². The highest BCUT2D eigenvalue weighted by Crippen LogP contribution is 2.25. The van der Waals surface area contributed by atoms with Gasteiger partial charge in [0.1, 0.15) is 18.5 Å². The summed E-state index contributed by atoms with van der Waals surface area (Å²) in [5.41, 5.74) is 5.91. The average Bonchev–Trinajstić information content (AvgIpc) is 2.43. The molecule has 2 atom stereocenters. The lowest BCUT2D eigenvalue weighted by atomic mass is 10.0. The van der Waals surface area contributed by atoms with Crippen LogP contribution in [0, 0.1) is 5.92 Å². The third-order valence-corrected chi connectivity index (χ3v) is 3.37. The Morgan fingerprint density at radius 2 is 1.79 bits per heavy atom. The van der Waals surface area contributed by atoms with Crippen molar-refractivity contribution in [1.82, 2.24) is 0 Å². The number of aliphatic hydroxyl groups excluding tert-OH is 1. The van der Waals surface area contributed by atoms with E-state index in [9.17, 15) is 5.11 Å². The molecule has 0 spiro atoms. The van der Waals surface area contributed by atoms with Gasteiger partial charge in [0, 0.05) is 11.4 Å². The fraction of sp³-hybridized carbons (Fsp3) is 0.375. The van der Waals surface area contributed by atoms with E-state index < -0.39 is 6.10 Å². The standard InChI is InChI=1S/C16H21NO2/c1-11(2)16(17)14(18)10-19-15-9-5-7-12-6-3-4-8-13(12)15/h3-9,11,14,16,18H,10,17H2,1-2H3/t14?,16-/m0/s1. The van der Waals surface area contributed by atoms with Crippen molar-refractivity contribution in [3.63, 3.8) is 0 Å². The van der Waals surface area contributed by atoms with E-state index in [1.807, 2.05) is 56.3 Å². The maximum absolute atomic E-state index is 9.97. The summed E-state index contributed by atoms with van der Waals surface area (Å²) in [6.45, 7) is 4.20. The molecule has 3 nitrogen and oxygen atoms in total. The maximum atomic E-state index is 9.97. The minimum absolute atomic E-state index is 0.216. The molecule has 2 aromatic rings. The molecule has 1 unspecified atom stereocenters. The van der Waals surface area contributed by atoms with Crippen molar-refractivity contribution in [3.8, 4) is 5.75 Å². The summed E-state index contributed by atoms with van der Waals surface area (Å²) in [6.07, 6.45) is -0.654. The first-order valence-electron chi connectivity index (χ1n) is 6.64. The third kappa shape index (κ3) is 3.25. The molecule has 3 heteroatoms. The average molecular weight is 259 g/mol. The van der Waals surface area contributed by atoms with Crippen LogP contribution < -0.4 is 10.5 Å². The lowest BCUT2D eigenvalue weighted by Crippen LogP contribution is -2.42. The van der Waals surface area contributed by atoms with Crippen LogP contribution in [0.25, 0.3) is 10.8 Å². The van der Waals surface area contributed by atoms with E-state index in [0.717, 1.165) is 16.5 Å². The predicted molar refractivity (Wildman–Crippen MR) is 78.3 cm³/mol. The highest BCUT2D eigenvalue weighted by Gasteiger charge is 2.19. The Kier molecular flexibility index (Phi) is 4.40. The zero-order chi connectivity index (χ0) is 13.8. The van der Waals surface area contributed by atoms with Gasteiger partial charge in [0.05, 0.1) is 0 Å². The van der Waals surface area contributed by atoms with Gasteiger partial charge in [0.25, 0.3) is 0 Å². The van der Waals surface area contributed by atoms with Crippen LogP contribution >= 0.6 is 0 Å². The molecule has 0 radical (unpaired) electrons. The SMILES string of the molecule is CC(C)[C@H](N)C(O)COc1cccc2ccccc12. The first-order chi connectivity index (χ1) is 9.09. The second kappa shape index (κ2) is 6.04. The van der Waals surface area contributed by atoms with Gasteiger partial charge in [-0.15, -0.1) is 0 Å². The Bertz CT molecular complexity index is 534. The van der Waals surface area contributed by atoms with Crippen LogP contribution in [0.3, 0.4) is 0 Å². The summed E-state index contributed by atoms with van der Waals surface area (Å²) in [5, 5.41) is 12.2. The summed E-state index contributed by atoms with van der Waals surface area (Å²) in [6, 6.07) is 13.7. The number of rotatable bonds is 5. The van der Waals surface area contributed by atoms with Crippen LogP contribution in [0.5, 0.6) is 5.75 Å². The molecule has 0 aliphatic carbocycles. The second-order valence-corrected chi connectivity index (χ2v) is 5.18. The molecule has 2 aromatic carbocycles. The van der Waals surface area contributed by atoms with Crippen molar-refractivity contribution < 1.29 is 9.84 Å². The molecule has 102 valence electrons. The summed E-state index contributed by atoms with van der Waals surface area (Å²) in [7, 11) is 0. The van der Waals surface area contributed by atoms with Gasteiger partial charge in [-0.05, 0) is 17.4 Å². The normalized spacial score (nSPS) is 14.6. The van der Waals surface area contributed by atoms with Gasteiger partial charge >= 0.3 is 0 Å². The second-order valence-electron chi connectivity index (χ2n) is 5.18. The third-order valence-electron chi connectivity index (χ3n) is 3.37. The quantitative estimate of drug-likeness (QED) is 0.867. The Balaban J connectivity index is 2.10. The van der Waals surface area contributed by atoms with Gasteiger partial charge in [-0.3, -0.25) is 0 Å². The van der Waals surface area contributed by atoms with Gasteiger partial charge in [-0.2, -0.15) is 0 Å². The van der Waals surface area contributed by atoms with Crippen LogP contribution in [0.2, 0.25) is 0 Å². The first-order valence-corrected chi connectivity index (χ1v) is 6.64. The van der Waals surface area contributed by atoms with Gasteiger partial charge in [0.15, 0.2) is 0 Å². The molecule has 2 rings (SSSR count). The van der Waals surface area contributed by atoms with Crippen molar-refractivity contribution in [3.05, 3.63) is 42.5 Å². The van der Waals surface area contributed by atoms with Crippen LogP contribution in [-0.2, 0) is 0 Å². The summed E-state index contributed by atoms with van der Waals surface area (Å²) >= 11 is 0. The van der Waals surface area contributed by atoms with Crippen molar-refractivity contribution >= 4 is 10.8 Å². The maximum Gasteiger partial charge on any atom is 0.127 e. The Labute approximate surface area is 114 Å². The molecule has 3 N–H and O–H groups in total. The van der Waals surface area contributed by atoms with Gasteiger partial charge in [0.2, 0.25) is 0 Å². The van der Waals surface area contributed by atoms with E-state index in [4.69, 9.17) is 10.5 Å². The van der Waals surface area contributed by atoms with Crippen molar-refractivity contribution in [2.45, 2.75) is 26.0 Å². The molecule has 19 heavy (non-hydrogen) atoms. The first kappa shape index (κ1) is 13.8. The van der Waals surface area contributed by atoms with E-state index in [1.165, 1.54) is 0 Å². The van der Waals surface area contributed by atoms with Gasteiger partial charge < -0.3 is 15.6 Å². The monoisotopic (exact) mass is 259 g/mol. The molecule has 0 amide bonds. The van der Waals surface area contributed by atoms with E-state index in [1.54, 1.807) is 0 Å². The summed E-state index contributed by atoms with van der Waals surface area (Å²) in [4.78, 5) is 0. The molecule has 0 fully saturated rings. The molecule has 0 heterocycles. The van der Waals surface area contributed by atoms with Crippen LogP contribution in [-0.4, -0.2) is 23.9 Å². The fourth-order valence-corrected chi connectivity index (χ4v) is 2.05. The molecular formula is C16H21NO2. The molecule has 0 saturated heterocycles. The number of hydrogen-bond donors (Lipinski definition) is 2. The van der Waals surface area contributed by atoms with Crippen molar-refractivity contribution in [2.75, 3.05) is 6.61 Å². The molecule has 0 bridgehead atoms. The van der Waals surface area contributed by atoms with Gasteiger partial charge in [-0.1, -0.05) is 50.2 Å². The van der Waals surface area contributed by atoms with Crippen LogP contribution in [0.4, 0.5) is 0 Å². The minimum Gasteiger partial charge on any atom is -0.490 e. The van der Waals surface area contributed by atoms with E-state index in [-0.39, 0.29) is 18.6 Å². The predicted octanol–water partition coefficient (Wildman–Crippen LogP) is 2.56. The highest BCUT2D eigenvalue weighted by molar-refractivity contribution is 5.88. The highest BCUT2D eigenvalue weighted by atomic mass is 16.5. The number of nitrogens with two attached hydrogens (primary N) is 1. The molecule has 0 aliphatic rings. The lowest BCUT2D eigenvalue weighted by Gasteiger charge is -2.22. The molecular weight excluding hydrogens is 238 g/mol. The van der Waals surface area contributed by atoms with Crippen molar-refractivity contribution in [2.24, 2.45) is 11.7 Å². The minimum atomic E-state index is -0.654. The number of hydrogen-bond acceptors (Lipinski definition) is 3. The van der Waals surface area contributed by atoms with E-state index in [0.29, 0.717) is 0 Å². The lowest BCUT2D eigenvalue weighted by molar-refractivity contribution is 0.0721. The molecule has 0 saturated carbocycles. The van der Waals surface area contributed by atoms with Crippen molar-refractivity contribution in [1.29, 1.82) is 0 Å². The Hall–Kier alpha value is -1.58. The summed E-state index contributed by atoms with van der Waals surface area (Å²) in [5.74, 6) is 1.01. The number of aliphatic hydroxyl groups is 1. The number of fused-ring (bicyclic) bond motifs is 1. The van der Waals surface area contributed by atoms with Crippen LogP contribution in [0.15, 0.2) is 42.5 Å². The zero-order valence-electron chi connectivity index (χ0n) is 11.4. The van der Waals surface area contributed by atoms with E-state index >= 15 is 0 Å². The molecule has 0 aliphatic heterocycles.